The molecule has 7 heteroatoms. The number of likely N-dealkylation sites (tertiary alicyclic amines) is 1. The number of ether oxygens (including phenoxy) is 1. The Balaban J connectivity index is 1.96. The molecule has 0 aliphatic carbocycles. The second-order valence-electron chi connectivity index (χ2n) is 6.48. The second-order valence-corrected chi connectivity index (χ2v) is 6.48. The van der Waals surface area contributed by atoms with Gasteiger partial charge >= 0.3 is 6.09 Å². The van der Waals surface area contributed by atoms with Gasteiger partial charge in [-0.25, -0.2) is 13.6 Å². The van der Waals surface area contributed by atoms with Crippen LogP contribution in [0.15, 0.2) is 18.2 Å². The van der Waals surface area contributed by atoms with Gasteiger partial charge in [0.15, 0.2) is 0 Å². The fourth-order valence-electron chi connectivity index (χ4n) is 2.34. The van der Waals surface area contributed by atoms with Gasteiger partial charge in [-0.3, -0.25) is 4.79 Å². The standard InChI is InChI=1S/C16H20F2N2O3/c1-16(2,3)23-15(22)20-8-7-10(9-20)19-14(21)13-11(17)5-4-6-12(13)18/h4-6,10H,7-9H2,1-3H3,(H,19,21)/t10-/m1/s1. The van der Waals surface area contributed by atoms with Crippen LogP contribution < -0.4 is 5.32 Å². The number of hydrogen-bond acceptors (Lipinski definition) is 3. The normalized spacial score (nSPS) is 18.0. The quantitative estimate of drug-likeness (QED) is 0.909. The summed E-state index contributed by atoms with van der Waals surface area (Å²) in [5.41, 5.74) is -1.21. The highest BCUT2D eigenvalue weighted by Crippen LogP contribution is 2.17. The molecule has 5 nitrogen and oxygen atoms in total. The van der Waals surface area contributed by atoms with Crippen LogP contribution in [0.2, 0.25) is 0 Å². The van der Waals surface area contributed by atoms with Crippen LogP contribution in [0.25, 0.3) is 0 Å². The van der Waals surface area contributed by atoms with Crippen molar-refractivity contribution in [2.45, 2.75) is 38.8 Å². The number of carbonyl (C=O) groups is 2. The topological polar surface area (TPSA) is 58.6 Å². The number of benzene rings is 1. The van der Waals surface area contributed by atoms with Crippen LogP contribution in [-0.2, 0) is 4.74 Å². The summed E-state index contributed by atoms with van der Waals surface area (Å²) in [6.07, 6.45) is 0.0347. The zero-order chi connectivity index (χ0) is 17.2. The minimum atomic E-state index is -0.913. The molecule has 1 atom stereocenters. The van der Waals surface area contributed by atoms with E-state index in [1.807, 2.05) is 0 Å². The Labute approximate surface area is 133 Å². The number of rotatable bonds is 2. The summed E-state index contributed by atoms with van der Waals surface area (Å²) < 4.78 is 32.4. The third kappa shape index (κ3) is 4.40. The Hall–Kier alpha value is -2.18. The van der Waals surface area contributed by atoms with E-state index in [0.29, 0.717) is 13.0 Å². The van der Waals surface area contributed by atoms with Gasteiger partial charge in [-0.05, 0) is 39.3 Å². The highest BCUT2D eigenvalue weighted by atomic mass is 19.1. The van der Waals surface area contributed by atoms with Crippen LogP contribution in [-0.4, -0.2) is 41.6 Å². The molecule has 0 aromatic heterocycles. The van der Waals surface area contributed by atoms with E-state index in [4.69, 9.17) is 4.74 Å². The Bertz CT molecular complexity index is 594. The van der Waals surface area contributed by atoms with Crippen molar-refractivity contribution >= 4 is 12.0 Å². The highest BCUT2D eigenvalue weighted by Gasteiger charge is 2.31. The van der Waals surface area contributed by atoms with Crippen molar-refractivity contribution in [3.63, 3.8) is 0 Å². The summed E-state index contributed by atoms with van der Waals surface area (Å²) in [7, 11) is 0. The van der Waals surface area contributed by atoms with Crippen LogP contribution in [0.5, 0.6) is 0 Å². The SMILES string of the molecule is CC(C)(C)OC(=O)N1CC[C@@H](NC(=O)c2c(F)cccc2F)C1. The second kappa shape index (κ2) is 6.52. The zero-order valence-electron chi connectivity index (χ0n) is 13.4. The summed E-state index contributed by atoms with van der Waals surface area (Å²) >= 11 is 0. The van der Waals surface area contributed by atoms with Crippen LogP contribution in [0.1, 0.15) is 37.6 Å². The Kier molecular flexibility index (Phi) is 4.87. The third-order valence-corrected chi connectivity index (χ3v) is 3.36. The zero-order valence-corrected chi connectivity index (χ0v) is 13.4. The number of carbonyl (C=O) groups excluding carboxylic acids is 2. The van der Waals surface area contributed by atoms with E-state index in [1.165, 1.54) is 11.0 Å². The molecule has 126 valence electrons. The molecule has 0 radical (unpaired) electrons. The van der Waals surface area contributed by atoms with Gasteiger partial charge in [0.2, 0.25) is 0 Å². The molecule has 1 saturated heterocycles. The molecule has 1 aromatic rings. The lowest BCUT2D eigenvalue weighted by molar-refractivity contribution is 0.0290. The van der Waals surface area contributed by atoms with Gasteiger partial charge in [-0.15, -0.1) is 0 Å². The lowest BCUT2D eigenvalue weighted by atomic mass is 10.1. The van der Waals surface area contributed by atoms with Gasteiger partial charge in [0, 0.05) is 19.1 Å². The van der Waals surface area contributed by atoms with Gasteiger partial charge in [-0.2, -0.15) is 0 Å². The maximum absolute atomic E-state index is 13.6. The summed E-state index contributed by atoms with van der Waals surface area (Å²) in [6.45, 7) is 5.96. The molecule has 2 rings (SSSR count). The number of nitrogens with one attached hydrogen (secondary N) is 1. The minimum absolute atomic E-state index is 0.247. The molecule has 0 unspecified atom stereocenters. The van der Waals surface area contributed by atoms with Crippen molar-refractivity contribution in [3.8, 4) is 0 Å². The first kappa shape index (κ1) is 17.2. The molecule has 1 fully saturated rings. The highest BCUT2D eigenvalue weighted by molar-refractivity contribution is 5.95. The van der Waals surface area contributed by atoms with E-state index in [9.17, 15) is 18.4 Å². The first-order chi connectivity index (χ1) is 10.7. The molecule has 1 heterocycles. The molecule has 0 bridgehead atoms. The first-order valence-electron chi connectivity index (χ1n) is 7.40. The largest absolute Gasteiger partial charge is 0.444 e. The minimum Gasteiger partial charge on any atom is -0.444 e. The van der Waals surface area contributed by atoms with E-state index in [2.05, 4.69) is 5.32 Å². The number of halogens is 2. The molecular formula is C16H20F2N2O3. The molecule has 2 amide bonds. The van der Waals surface area contributed by atoms with E-state index < -0.39 is 34.8 Å². The molecular weight excluding hydrogens is 306 g/mol. The fraction of sp³-hybridized carbons (Fsp3) is 0.500. The lowest BCUT2D eigenvalue weighted by Gasteiger charge is -2.24. The molecule has 1 aliphatic rings. The number of amides is 2. The van der Waals surface area contributed by atoms with Gasteiger partial charge in [0.05, 0.1) is 0 Å². The van der Waals surface area contributed by atoms with Crippen molar-refractivity contribution in [2.24, 2.45) is 0 Å². The summed E-state index contributed by atoms with van der Waals surface area (Å²) in [5, 5.41) is 2.56. The third-order valence-electron chi connectivity index (χ3n) is 3.36. The summed E-state index contributed by atoms with van der Waals surface area (Å²) in [5.74, 6) is -2.65. The predicted octanol–water partition coefficient (Wildman–Crippen LogP) is 2.70. The summed E-state index contributed by atoms with van der Waals surface area (Å²) in [4.78, 5) is 25.4. The Morgan fingerprint density at radius 2 is 1.87 bits per heavy atom. The van der Waals surface area contributed by atoms with E-state index in [0.717, 1.165) is 12.1 Å². The van der Waals surface area contributed by atoms with Crippen LogP contribution in [0.4, 0.5) is 13.6 Å². The van der Waals surface area contributed by atoms with E-state index in [1.54, 1.807) is 20.8 Å². The van der Waals surface area contributed by atoms with E-state index >= 15 is 0 Å². The first-order valence-corrected chi connectivity index (χ1v) is 7.40. The van der Waals surface area contributed by atoms with E-state index in [-0.39, 0.29) is 12.6 Å². The number of hydrogen-bond donors (Lipinski definition) is 1. The van der Waals surface area contributed by atoms with Crippen molar-refractivity contribution in [1.82, 2.24) is 10.2 Å². The van der Waals surface area contributed by atoms with Crippen LogP contribution in [0.3, 0.4) is 0 Å². The average molecular weight is 326 g/mol. The van der Waals surface area contributed by atoms with Gasteiger partial charge < -0.3 is 15.0 Å². The number of nitrogens with zero attached hydrogens (tertiary/aromatic N) is 1. The Morgan fingerprint density at radius 1 is 1.26 bits per heavy atom. The average Bonchev–Trinajstić information content (AvgIpc) is 2.85. The predicted molar refractivity (Wildman–Crippen MR) is 80.0 cm³/mol. The Morgan fingerprint density at radius 3 is 2.43 bits per heavy atom. The molecule has 1 N–H and O–H groups in total. The van der Waals surface area contributed by atoms with Gasteiger partial charge in [0.1, 0.15) is 22.8 Å². The molecule has 23 heavy (non-hydrogen) atoms. The van der Waals surface area contributed by atoms with Crippen molar-refractivity contribution in [3.05, 3.63) is 35.4 Å². The maximum atomic E-state index is 13.6. The fourth-order valence-corrected chi connectivity index (χ4v) is 2.34. The van der Waals surface area contributed by atoms with Crippen molar-refractivity contribution in [2.75, 3.05) is 13.1 Å². The van der Waals surface area contributed by atoms with Crippen molar-refractivity contribution in [1.29, 1.82) is 0 Å². The van der Waals surface area contributed by atoms with Crippen molar-refractivity contribution < 1.29 is 23.1 Å². The lowest BCUT2D eigenvalue weighted by Crippen LogP contribution is -2.40. The van der Waals surface area contributed by atoms with Crippen LogP contribution in [0, 0.1) is 11.6 Å². The smallest absolute Gasteiger partial charge is 0.410 e. The molecule has 0 spiro atoms. The van der Waals surface area contributed by atoms with Gasteiger partial charge in [0.25, 0.3) is 5.91 Å². The summed E-state index contributed by atoms with van der Waals surface area (Å²) in [6, 6.07) is 2.88. The molecule has 1 aliphatic heterocycles. The monoisotopic (exact) mass is 326 g/mol. The molecule has 1 aromatic carbocycles. The maximum Gasteiger partial charge on any atom is 0.410 e. The molecule has 0 saturated carbocycles. The van der Waals surface area contributed by atoms with Gasteiger partial charge in [-0.1, -0.05) is 6.07 Å². The van der Waals surface area contributed by atoms with Crippen LogP contribution >= 0.6 is 0 Å².